The van der Waals surface area contributed by atoms with Gasteiger partial charge in [0.05, 0.1) is 18.6 Å². The Balaban J connectivity index is 1.78. The van der Waals surface area contributed by atoms with Gasteiger partial charge in [0, 0.05) is 29.6 Å². The molecule has 4 rings (SSSR count). The average Bonchev–Trinajstić information content (AvgIpc) is 3.29. The number of likely N-dealkylation sites (tertiary alicyclic amines) is 1. The molecule has 1 amide bonds. The van der Waals surface area contributed by atoms with Crippen LogP contribution in [0.15, 0.2) is 42.5 Å². The second-order valence-corrected chi connectivity index (χ2v) is 9.54. The number of piperidine rings is 1. The molecule has 0 radical (unpaired) electrons. The summed E-state index contributed by atoms with van der Waals surface area (Å²) in [5.41, 5.74) is 1.64. The van der Waals surface area contributed by atoms with Gasteiger partial charge in [-0.15, -0.1) is 11.3 Å². The predicted molar refractivity (Wildman–Crippen MR) is 131 cm³/mol. The maximum Gasteiger partial charge on any atom is 0.264 e. The Morgan fingerprint density at radius 2 is 1.88 bits per heavy atom. The highest BCUT2D eigenvalue weighted by Gasteiger charge is 2.28. The van der Waals surface area contributed by atoms with Crippen molar-refractivity contribution in [2.75, 3.05) is 34.3 Å². The molecule has 2 aromatic carbocycles. The molecule has 1 aliphatic heterocycles. The number of methoxy groups -OCH3 is 1. The van der Waals surface area contributed by atoms with E-state index in [1.165, 1.54) is 42.7 Å². The van der Waals surface area contributed by atoms with Crippen LogP contribution in [-0.4, -0.2) is 56.0 Å². The van der Waals surface area contributed by atoms with E-state index in [0.717, 1.165) is 12.8 Å². The zero-order chi connectivity index (χ0) is 24.4. The number of benzene rings is 2. The number of hydrogen-bond donors (Lipinski definition) is 0. The van der Waals surface area contributed by atoms with Gasteiger partial charge in [-0.3, -0.25) is 4.79 Å². The molecule has 1 saturated heterocycles. The van der Waals surface area contributed by atoms with Crippen molar-refractivity contribution in [1.82, 2.24) is 9.80 Å². The Hall–Kier alpha value is -3.28. The van der Waals surface area contributed by atoms with Crippen LogP contribution in [0.2, 0.25) is 0 Å². The van der Waals surface area contributed by atoms with Crippen LogP contribution in [0.3, 0.4) is 0 Å². The number of hydrogen-bond acceptors (Lipinski definition) is 4. The summed E-state index contributed by atoms with van der Waals surface area (Å²) in [4.78, 5) is 21.8. The van der Waals surface area contributed by atoms with Gasteiger partial charge in [-0.25, -0.2) is 13.6 Å². The molecule has 3 aromatic rings. The molecule has 0 bridgehead atoms. The molecule has 0 N–H and O–H groups in total. The van der Waals surface area contributed by atoms with E-state index in [1.54, 1.807) is 18.2 Å². The Bertz CT molecular complexity index is 1270. The van der Waals surface area contributed by atoms with Crippen LogP contribution in [-0.2, 0) is 0 Å². The maximum absolute atomic E-state index is 14.5. The normalized spacial score (nSPS) is 15.9. The topological polar surface area (TPSA) is 37.1 Å². The van der Waals surface area contributed by atoms with Gasteiger partial charge in [-0.1, -0.05) is 12.1 Å². The van der Waals surface area contributed by atoms with Crippen LogP contribution in [0.1, 0.15) is 22.5 Å². The van der Waals surface area contributed by atoms with Crippen molar-refractivity contribution < 1.29 is 18.3 Å². The van der Waals surface area contributed by atoms with Crippen LogP contribution in [0, 0.1) is 18.2 Å². The van der Waals surface area contributed by atoms with Gasteiger partial charge in [-0.05, 0) is 68.4 Å². The first kappa shape index (κ1) is 23.9. The molecule has 0 spiro atoms. The number of rotatable bonds is 5. The van der Waals surface area contributed by atoms with E-state index in [2.05, 4.69) is 9.74 Å². The lowest BCUT2D eigenvalue weighted by Gasteiger charge is -2.35. The van der Waals surface area contributed by atoms with Gasteiger partial charge >= 0.3 is 0 Å². The van der Waals surface area contributed by atoms with E-state index in [0.29, 0.717) is 45.6 Å². The molecule has 1 unspecified atom stereocenters. The smallest absolute Gasteiger partial charge is 0.264 e. The Kier molecular flexibility index (Phi) is 6.96. The van der Waals surface area contributed by atoms with Crippen LogP contribution in [0.5, 0.6) is 5.75 Å². The molecule has 2 heterocycles. The van der Waals surface area contributed by atoms with Crippen molar-refractivity contribution in [1.29, 1.82) is 0 Å². The molecule has 8 heteroatoms. The highest BCUT2D eigenvalue weighted by atomic mass is 32.1. The number of carbonyl (C=O) groups excluding carboxylic acids is 1. The maximum atomic E-state index is 14.5. The van der Waals surface area contributed by atoms with Crippen LogP contribution >= 0.6 is 11.3 Å². The number of thiophene rings is 1. The van der Waals surface area contributed by atoms with Crippen molar-refractivity contribution in [2.45, 2.75) is 18.9 Å². The summed E-state index contributed by atoms with van der Waals surface area (Å²) >= 11 is 1.26. The third kappa shape index (κ3) is 4.67. The van der Waals surface area contributed by atoms with Crippen molar-refractivity contribution in [3.05, 3.63) is 70.4 Å². The molecule has 176 valence electrons. The van der Waals surface area contributed by atoms with E-state index in [-0.39, 0.29) is 17.3 Å². The molecule has 1 fully saturated rings. The van der Waals surface area contributed by atoms with Gasteiger partial charge in [-0.2, -0.15) is 0 Å². The van der Waals surface area contributed by atoms with Crippen LogP contribution in [0.4, 0.5) is 14.5 Å². The molecular weight excluding hydrogens is 456 g/mol. The summed E-state index contributed by atoms with van der Waals surface area (Å²) in [5, 5.41) is 0. The summed E-state index contributed by atoms with van der Waals surface area (Å²) in [6, 6.07) is 11.0. The first-order valence-electron chi connectivity index (χ1n) is 10.9. The number of ether oxygens (including phenoxy) is 1. The summed E-state index contributed by atoms with van der Waals surface area (Å²) in [7, 11) is 5.42. The predicted octanol–water partition coefficient (Wildman–Crippen LogP) is 6.09. The summed E-state index contributed by atoms with van der Waals surface area (Å²) < 4.78 is 34.0. The third-order valence-electron chi connectivity index (χ3n) is 6.15. The second kappa shape index (κ2) is 9.92. The minimum Gasteiger partial charge on any atom is -0.494 e. The lowest BCUT2D eigenvalue weighted by atomic mass is 10.0. The third-order valence-corrected chi connectivity index (χ3v) is 7.32. The second-order valence-electron chi connectivity index (χ2n) is 8.49. The summed E-state index contributed by atoms with van der Waals surface area (Å²) in [6.07, 6.45) is 1.96. The van der Waals surface area contributed by atoms with Crippen molar-refractivity contribution in [3.63, 3.8) is 0 Å². The fourth-order valence-electron chi connectivity index (χ4n) is 4.21. The quantitative estimate of drug-likeness (QED) is 0.414. The molecule has 0 saturated carbocycles. The van der Waals surface area contributed by atoms with Gasteiger partial charge in [0.1, 0.15) is 5.82 Å². The first-order chi connectivity index (χ1) is 16.3. The fraction of sp³-hybridized carbons (Fsp3) is 0.308. The molecule has 1 atom stereocenters. The fourth-order valence-corrected chi connectivity index (χ4v) is 5.36. The minimum atomic E-state index is -0.636. The summed E-state index contributed by atoms with van der Waals surface area (Å²) in [6.45, 7) is 8.42. The highest BCUT2D eigenvalue weighted by molar-refractivity contribution is 7.18. The molecular formula is C26H25F2N3O2S. The van der Waals surface area contributed by atoms with Crippen molar-refractivity contribution in [2.24, 2.45) is 0 Å². The zero-order valence-electron chi connectivity index (χ0n) is 19.3. The SMILES string of the molecule is [C-]#[N+]c1ccc(-c2cc(C(=O)N3CCCC(N(C)C)C3)sc2-c2ccc(OC)c(F)c2)cc1F. The monoisotopic (exact) mass is 481 g/mol. The molecule has 0 aliphatic carbocycles. The minimum absolute atomic E-state index is 0.0737. The lowest BCUT2D eigenvalue weighted by molar-refractivity contribution is 0.0640. The van der Waals surface area contributed by atoms with Gasteiger partial charge in [0.2, 0.25) is 5.69 Å². The lowest BCUT2D eigenvalue weighted by Crippen LogP contribution is -2.47. The van der Waals surface area contributed by atoms with Crippen molar-refractivity contribution in [3.8, 4) is 27.3 Å². The van der Waals surface area contributed by atoms with Gasteiger partial charge < -0.3 is 14.5 Å². The molecule has 1 aliphatic rings. The molecule has 5 nitrogen and oxygen atoms in total. The van der Waals surface area contributed by atoms with Crippen LogP contribution in [0.25, 0.3) is 26.4 Å². The summed E-state index contributed by atoms with van der Waals surface area (Å²) in [5.74, 6) is -1.13. The Labute approximate surface area is 202 Å². The van der Waals surface area contributed by atoms with E-state index >= 15 is 0 Å². The number of halogens is 2. The standard InChI is InChI=1S/C26H25F2N3O2S/c1-29-22-9-7-16(12-20(22)27)19-14-24(26(32)31-11-5-6-18(15-31)30(2)3)34-25(19)17-8-10-23(33-4)21(28)13-17/h7-10,12-14,18H,5-6,11,15H2,2-4H3. The Morgan fingerprint density at radius 3 is 2.53 bits per heavy atom. The Morgan fingerprint density at radius 1 is 1.15 bits per heavy atom. The number of likely N-dealkylation sites (N-methyl/N-ethyl adjacent to an activating group) is 1. The van der Waals surface area contributed by atoms with E-state index in [1.807, 2.05) is 19.0 Å². The molecule has 1 aromatic heterocycles. The van der Waals surface area contributed by atoms with E-state index < -0.39 is 11.6 Å². The number of amides is 1. The highest BCUT2D eigenvalue weighted by Crippen LogP contribution is 2.42. The largest absolute Gasteiger partial charge is 0.494 e. The number of nitrogens with zero attached hydrogens (tertiary/aromatic N) is 3. The first-order valence-corrected chi connectivity index (χ1v) is 11.7. The zero-order valence-corrected chi connectivity index (χ0v) is 20.1. The van der Waals surface area contributed by atoms with E-state index in [4.69, 9.17) is 11.3 Å². The average molecular weight is 482 g/mol. The van der Waals surface area contributed by atoms with Crippen LogP contribution < -0.4 is 4.74 Å². The van der Waals surface area contributed by atoms with Crippen molar-refractivity contribution >= 4 is 22.9 Å². The van der Waals surface area contributed by atoms with Gasteiger partial charge in [0.25, 0.3) is 5.91 Å². The molecule has 34 heavy (non-hydrogen) atoms. The van der Waals surface area contributed by atoms with E-state index in [9.17, 15) is 13.6 Å². The number of carbonyl (C=O) groups is 1. The van der Waals surface area contributed by atoms with Gasteiger partial charge in [0.15, 0.2) is 11.6 Å².